The van der Waals surface area contributed by atoms with Crippen LogP contribution in [0.15, 0.2) is 37.4 Å². The molecule has 1 aromatic rings. The van der Waals surface area contributed by atoms with Crippen LogP contribution in [0.25, 0.3) is 0 Å². The van der Waals surface area contributed by atoms with Crippen molar-refractivity contribution in [2.75, 3.05) is 12.9 Å². The van der Waals surface area contributed by atoms with Gasteiger partial charge in [-0.3, -0.25) is 9.59 Å². The zero-order chi connectivity index (χ0) is 19.5. The van der Waals surface area contributed by atoms with Gasteiger partial charge in [-0.05, 0) is 41.1 Å². The smallest absolute Gasteiger partial charge is 0.326 e. The Morgan fingerprint density at radius 1 is 1.35 bits per heavy atom. The molecule has 0 aromatic heterocycles. The molecule has 140 valence electrons. The number of fused-ring (bicyclic) bond motifs is 1. The molecule has 0 bridgehead atoms. The molecular formula is C17H17IO7S. The highest BCUT2D eigenvalue weighted by atomic mass is 127. The summed E-state index contributed by atoms with van der Waals surface area (Å²) >= 11 is 1.90. The largest absolute Gasteiger partial charge is 0.461 e. The fourth-order valence-electron chi connectivity index (χ4n) is 2.64. The summed E-state index contributed by atoms with van der Waals surface area (Å²) in [6.07, 6.45) is 4.18. The van der Waals surface area contributed by atoms with E-state index in [0.29, 0.717) is 9.13 Å². The summed E-state index contributed by atoms with van der Waals surface area (Å²) in [5, 5.41) is 0. The molecule has 2 unspecified atom stereocenters. The maximum Gasteiger partial charge on any atom is 0.326 e. The van der Waals surface area contributed by atoms with E-state index < -0.39 is 33.9 Å². The average molecular weight is 492 g/mol. The van der Waals surface area contributed by atoms with Crippen molar-refractivity contribution in [3.05, 3.63) is 46.6 Å². The van der Waals surface area contributed by atoms with Crippen molar-refractivity contribution in [1.29, 1.82) is 0 Å². The van der Waals surface area contributed by atoms with Crippen LogP contribution in [0.2, 0.25) is 0 Å². The number of hydrogen-bond donors (Lipinski definition) is 0. The van der Waals surface area contributed by atoms with Gasteiger partial charge in [0.15, 0.2) is 11.7 Å². The van der Waals surface area contributed by atoms with Crippen LogP contribution in [-0.2, 0) is 24.4 Å². The summed E-state index contributed by atoms with van der Waals surface area (Å²) in [6.45, 7) is 7.10. The molecule has 2 rings (SSSR count). The average Bonchev–Trinajstić information content (AvgIpc) is 2.54. The molecule has 0 amide bonds. The Hall–Kier alpha value is -1.88. The maximum atomic E-state index is 12.4. The third-order valence-corrected chi connectivity index (χ3v) is 5.20. The topological polar surface area (TPSA) is 96.0 Å². The highest BCUT2D eigenvalue weighted by Crippen LogP contribution is 2.46. The van der Waals surface area contributed by atoms with Crippen molar-refractivity contribution < 1.29 is 31.7 Å². The number of carbonyl (C=O) groups is 2. The molecule has 1 heterocycles. The molecule has 9 heteroatoms. The van der Waals surface area contributed by atoms with Crippen molar-refractivity contribution >= 4 is 44.6 Å². The Labute approximate surface area is 165 Å². The van der Waals surface area contributed by atoms with E-state index in [1.54, 1.807) is 6.08 Å². The minimum absolute atomic E-state index is 0.0371. The lowest BCUT2D eigenvalue weighted by molar-refractivity contribution is -0.158. The Morgan fingerprint density at radius 2 is 2.04 bits per heavy atom. The second kappa shape index (κ2) is 8.21. The number of carbonyl (C=O) groups excluding carboxylic acids is 2. The first kappa shape index (κ1) is 20.4. The number of esters is 2. The molecule has 0 N–H and O–H groups in total. The van der Waals surface area contributed by atoms with Crippen molar-refractivity contribution in [1.82, 2.24) is 0 Å². The van der Waals surface area contributed by atoms with Gasteiger partial charge in [0.05, 0.1) is 9.83 Å². The minimum Gasteiger partial charge on any atom is -0.461 e. The molecule has 0 radical (unpaired) electrons. The van der Waals surface area contributed by atoms with E-state index in [-0.39, 0.29) is 24.5 Å². The van der Waals surface area contributed by atoms with Gasteiger partial charge in [0.2, 0.25) is 0 Å². The summed E-state index contributed by atoms with van der Waals surface area (Å²) in [5.74, 6) is -2.93. The summed E-state index contributed by atoms with van der Waals surface area (Å²) in [5.41, 5.74) is 0.506. The van der Waals surface area contributed by atoms with Gasteiger partial charge in [0, 0.05) is 11.5 Å². The van der Waals surface area contributed by atoms with Gasteiger partial charge in [-0.15, -0.1) is 6.58 Å². The van der Waals surface area contributed by atoms with Gasteiger partial charge in [0.25, 0.3) is 0 Å². The minimum atomic E-state index is -3.74. The molecule has 1 aromatic carbocycles. The molecule has 0 saturated carbocycles. The highest BCUT2D eigenvalue weighted by Gasteiger charge is 2.44. The lowest BCUT2D eigenvalue weighted by Crippen LogP contribution is -2.38. The molecule has 0 spiro atoms. The Morgan fingerprint density at radius 3 is 2.62 bits per heavy atom. The van der Waals surface area contributed by atoms with E-state index >= 15 is 0 Å². The SMILES string of the molecule is C=CCOC(=O)C1C(=O)Oc2ccc(OS(C)(=O)=O)c(I)c2C1CC=C. The van der Waals surface area contributed by atoms with Crippen molar-refractivity contribution in [2.45, 2.75) is 12.3 Å². The van der Waals surface area contributed by atoms with Crippen LogP contribution in [0.4, 0.5) is 0 Å². The van der Waals surface area contributed by atoms with E-state index in [2.05, 4.69) is 13.2 Å². The number of allylic oxidation sites excluding steroid dienone is 1. The van der Waals surface area contributed by atoms with Gasteiger partial charge in [-0.2, -0.15) is 8.42 Å². The summed E-state index contributed by atoms with van der Waals surface area (Å²) in [4.78, 5) is 24.7. The number of hydrogen-bond acceptors (Lipinski definition) is 7. The number of ether oxygens (including phenoxy) is 2. The van der Waals surface area contributed by atoms with Crippen LogP contribution in [0.5, 0.6) is 11.5 Å². The zero-order valence-corrected chi connectivity index (χ0v) is 16.9. The monoisotopic (exact) mass is 492 g/mol. The van der Waals surface area contributed by atoms with Crippen LogP contribution in [0.3, 0.4) is 0 Å². The fraction of sp³-hybridized carbons (Fsp3) is 0.294. The second-order valence-corrected chi connectivity index (χ2v) is 8.18. The molecule has 26 heavy (non-hydrogen) atoms. The number of halogens is 1. The second-order valence-electron chi connectivity index (χ2n) is 5.53. The van der Waals surface area contributed by atoms with Gasteiger partial charge in [-0.25, -0.2) is 0 Å². The first-order chi connectivity index (χ1) is 12.2. The Bertz CT molecular complexity index is 860. The molecule has 1 aliphatic heterocycles. The maximum absolute atomic E-state index is 12.4. The van der Waals surface area contributed by atoms with Crippen molar-refractivity contribution in [3.8, 4) is 11.5 Å². The lowest BCUT2D eigenvalue weighted by atomic mass is 9.81. The summed E-state index contributed by atoms with van der Waals surface area (Å²) in [6, 6.07) is 2.84. The van der Waals surface area contributed by atoms with Crippen LogP contribution in [0, 0.1) is 9.49 Å². The molecule has 2 atom stereocenters. The van der Waals surface area contributed by atoms with Gasteiger partial charge in [0.1, 0.15) is 12.4 Å². The third kappa shape index (κ3) is 4.44. The number of rotatable bonds is 7. The summed E-state index contributed by atoms with van der Waals surface area (Å²) < 4.78 is 38.6. The molecule has 7 nitrogen and oxygen atoms in total. The normalized spacial score (nSPS) is 19.1. The Balaban J connectivity index is 2.54. The van der Waals surface area contributed by atoms with Gasteiger partial charge in [-0.1, -0.05) is 18.7 Å². The van der Waals surface area contributed by atoms with Gasteiger partial charge < -0.3 is 13.7 Å². The molecular weight excluding hydrogens is 475 g/mol. The van der Waals surface area contributed by atoms with Crippen molar-refractivity contribution in [3.63, 3.8) is 0 Å². The Kier molecular flexibility index (Phi) is 6.45. The number of benzene rings is 1. The van der Waals surface area contributed by atoms with E-state index in [4.69, 9.17) is 13.7 Å². The quantitative estimate of drug-likeness (QED) is 0.144. The fourth-order valence-corrected chi connectivity index (χ4v) is 4.21. The molecule has 1 aliphatic rings. The van der Waals surface area contributed by atoms with Crippen LogP contribution >= 0.6 is 22.6 Å². The van der Waals surface area contributed by atoms with Crippen LogP contribution < -0.4 is 8.92 Å². The standard InChI is InChI=1S/C17H17IO7S/c1-4-6-10-13-11(7-8-12(15(13)18)25-26(3,21)22)24-17(20)14(10)16(19)23-9-5-2/h4-5,7-8,10,14H,1-2,6,9H2,3H3. The van der Waals surface area contributed by atoms with Crippen LogP contribution in [-0.4, -0.2) is 33.2 Å². The van der Waals surface area contributed by atoms with E-state index in [0.717, 1.165) is 6.26 Å². The first-order valence-electron chi connectivity index (χ1n) is 7.51. The lowest BCUT2D eigenvalue weighted by Gasteiger charge is -2.31. The highest BCUT2D eigenvalue weighted by molar-refractivity contribution is 14.1. The molecule has 0 saturated heterocycles. The van der Waals surface area contributed by atoms with Crippen molar-refractivity contribution in [2.24, 2.45) is 5.92 Å². The summed E-state index contributed by atoms with van der Waals surface area (Å²) in [7, 11) is -3.74. The first-order valence-corrected chi connectivity index (χ1v) is 10.4. The van der Waals surface area contributed by atoms with E-state index in [1.807, 2.05) is 22.6 Å². The predicted molar refractivity (Wildman–Crippen MR) is 102 cm³/mol. The predicted octanol–water partition coefficient (Wildman–Crippen LogP) is 2.55. The van der Waals surface area contributed by atoms with Gasteiger partial charge >= 0.3 is 22.1 Å². The van der Waals surface area contributed by atoms with E-state index in [9.17, 15) is 18.0 Å². The molecule has 0 aliphatic carbocycles. The van der Waals surface area contributed by atoms with E-state index in [1.165, 1.54) is 18.2 Å². The molecule has 0 fully saturated rings. The van der Waals surface area contributed by atoms with Crippen LogP contribution in [0.1, 0.15) is 17.9 Å². The zero-order valence-electron chi connectivity index (χ0n) is 13.9. The third-order valence-electron chi connectivity index (χ3n) is 3.60.